The van der Waals surface area contributed by atoms with Gasteiger partial charge in [-0.15, -0.1) is 0 Å². The van der Waals surface area contributed by atoms with Crippen LogP contribution in [0.5, 0.6) is 0 Å². The summed E-state index contributed by atoms with van der Waals surface area (Å²) in [6.07, 6.45) is 0. The van der Waals surface area contributed by atoms with Gasteiger partial charge in [-0.05, 0) is 139 Å². The smallest absolute Gasteiger partial charge is 0.138 e. The highest BCUT2D eigenvalue weighted by Crippen LogP contribution is 2.55. The van der Waals surface area contributed by atoms with Crippen molar-refractivity contribution in [3.63, 3.8) is 0 Å². The predicted molar refractivity (Wildman–Crippen MR) is 329 cm³/mol. The van der Waals surface area contributed by atoms with Gasteiger partial charge < -0.3 is 18.6 Å². The third-order valence-electron chi connectivity index (χ3n) is 17.8. The number of hydrogen-bond donors (Lipinski definition) is 0. The van der Waals surface area contributed by atoms with E-state index in [4.69, 9.17) is 8.83 Å². The minimum absolute atomic E-state index is 0.102. The minimum Gasteiger partial charge on any atom is -0.456 e. The SMILES string of the molecule is CC(C)c1ccc(N(c2ccc3c(c2)-c2ccccc2C3(C)C)c2cc3oc4ccc5oc6cc(N(c7ccc(C(C)C)cc7)c7ccc8c(c7)-c7ccccc7C8(C)C)c7ccccc7c6c5c4c3c3ccccc23)cc1. The first kappa shape index (κ1) is 46.4. The van der Waals surface area contributed by atoms with Crippen LogP contribution in [0.15, 0.2) is 215 Å². The van der Waals surface area contributed by atoms with Gasteiger partial charge in [-0.2, -0.15) is 0 Å². The summed E-state index contributed by atoms with van der Waals surface area (Å²) < 4.78 is 14.3. The van der Waals surface area contributed by atoms with Gasteiger partial charge in [-0.3, -0.25) is 0 Å². The molecule has 2 aromatic heterocycles. The first-order valence-electron chi connectivity index (χ1n) is 27.8. The molecule has 0 saturated carbocycles. The van der Waals surface area contributed by atoms with Crippen molar-refractivity contribution in [3.8, 4) is 22.3 Å². The molecule has 0 saturated heterocycles. The fourth-order valence-corrected chi connectivity index (χ4v) is 13.7. The second-order valence-corrected chi connectivity index (χ2v) is 23.6. The zero-order valence-electron chi connectivity index (χ0n) is 45.5. The van der Waals surface area contributed by atoms with Crippen LogP contribution in [0.3, 0.4) is 0 Å². The van der Waals surface area contributed by atoms with Crippen molar-refractivity contribution >= 4 is 99.5 Å². The van der Waals surface area contributed by atoms with Crippen LogP contribution < -0.4 is 9.80 Å². The Bertz CT molecular complexity index is 4330. The summed E-state index contributed by atoms with van der Waals surface area (Å²) in [6, 6.07) is 76.7. The van der Waals surface area contributed by atoms with Crippen LogP contribution in [0, 0.1) is 0 Å². The fraction of sp³-hybridized carbons (Fsp3) is 0.162. The van der Waals surface area contributed by atoms with Crippen LogP contribution in [0.25, 0.3) is 87.7 Å². The largest absolute Gasteiger partial charge is 0.456 e. The molecule has 4 heteroatoms. The number of anilines is 6. The zero-order valence-corrected chi connectivity index (χ0v) is 45.5. The molecule has 15 rings (SSSR count). The maximum atomic E-state index is 7.16. The predicted octanol–water partition coefficient (Wildman–Crippen LogP) is 21.6. The third kappa shape index (κ3) is 6.65. The lowest BCUT2D eigenvalue weighted by atomic mass is 9.82. The van der Waals surface area contributed by atoms with Crippen molar-refractivity contribution in [1.82, 2.24) is 0 Å². The molecule has 2 aliphatic carbocycles. The summed E-state index contributed by atoms with van der Waals surface area (Å²) in [5.41, 5.74) is 22.8. The summed E-state index contributed by atoms with van der Waals surface area (Å²) in [5.74, 6) is 0.825. The van der Waals surface area contributed by atoms with E-state index in [1.165, 1.54) is 55.6 Å². The highest BCUT2D eigenvalue weighted by atomic mass is 16.3. The molecule has 2 aliphatic rings. The van der Waals surface area contributed by atoms with Gasteiger partial charge in [-0.25, -0.2) is 0 Å². The van der Waals surface area contributed by atoms with E-state index in [9.17, 15) is 0 Å². The molecule has 4 nitrogen and oxygen atoms in total. The van der Waals surface area contributed by atoms with Crippen molar-refractivity contribution in [2.24, 2.45) is 0 Å². The molecule has 0 amide bonds. The lowest BCUT2D eigenvalue weighted by molar-refractivity contribution is 0.660. The normalized spacial score (nSPS) is 14.1. The fourth-order valence-electron chi connectivity index (χ4n) is 13.7. The van der Waals surface area contributed by atoms with E-state index in [0.29, 0.717) is 11.8 Å². The molecule has 0 N–H and O–H groups in total. The van der Waals surface area contributed by atoms with Crippen LogP contribution in [-0.2, 0) is 10.8 Å². The summed E-state index contributed by atoms with van der Waals surface area (Å²) in [5, 5.41) is 8.81. The van der Waals surface area contributed by atoms with Gasteiger partial charge in [-0.1, -0.05) is 189 Å². The molecule has 0 atom stereocenters. The number of nitrogens with zero attached hydrogens (tertiary/aromatic N) is 2. The highest BCUT2D eigenvalue weighted by Gasteiger charge is 2.37. The molecule has 0 fully saturated rings. The van der Waals surface area contributed by atoms with Gasteiger partial charge in [0.2, 0.25) is 0 Å². The zero-order chi connectivity index (χ0) is 52.9. The Labute approximate surface area is 455 Å². The number of furan rings is 2. The topological polar surface area (TPSA) is 32.8 Å². The van der Waals surface area contributed by atoms with Crippen molar-refractivity contribution < 1.29 is 8.83 Å². The van der Waals surface area contributed by atoms with E-state index in [2.05, 4.69) is 271 Å². The molecule has 0 radical (unpaired) electrons. The molecule has 0 aliphatic heterocycles. The Kier molecular flexibility index (Phi) is 10.0. The summed E-state index contributed by atoms with van der Waals surface area (Å²) in [7, 11) is 0. The number of benzene rings is 11. The maximum Gasteiger partial charge on any atom is 0.138 e. The van der Waals surface area contributed by atoms with E-state index in [-0.39, 0.29) is 10.8 Å². The number of rotatable bonds is 8. The molecule has 11 aromatic carbocycles. The average molecular weight is 1010 g/mol. The molecule has 0 unspecified atom stereocenters. The van der Waals surface area contributed by atoms with E-state index < -0.39 is 0 Å². The summed E-state index contributed by atoms with van der Waals surface area (Å²) in [4.78, 5) is 4.88. The highest BCUT2D eigenvalue weighted by molar-refractivity contribution is 6.35. The van der Waals surface area contributed by atoms with Crippen molar-refractivity contribution in [1.29, 1.82) is 0 Å². The van der Waals surface area contributed by atoms with Crippen molar-refractivity contribution in [2.75, 3.05) is 9.80 Å². The molecule has 78 heavy (non-hydrogen) atoms. The third-order valence-corrected chi connectivity index (χ3v) is 17.8. The van der Waals surface area contributed by atoms with Gasteiger partial charge in [0.05, 0.1) is 11.4 Å². The standard InChI is InChI=1S/C74H60N2O2/c1-43(2)45-25-29-47(30-26-45)75(49-33-35-61-57(39-49)51-17-13-15-23-59(51)73(61,5)6)63-41-67-69(55-21-11-9-19-53(55)63)71-65(77-67)37-38-66-72(71)70-56-22-12-10-20-54(56)64(42-68(70)78-66)76(48-31-27-46(28-32-48)44(3)4)50-34-36-62-58(40-50)52-18-14-16-24-60(52)74(62,7)8/h9-44H,1-8H3. The Hall–Kier alpha value is -8.86. The molecular formula is C74H60N2O2. The number of hydrogen-bond acceptors (Lipinski definition) is 4. The Balaban J connectivity index is 0.961. The van der Waals surface area contributed by atoms with Gasteiger partial charge in [0.1, 0.15) is 22.3 Å². The van der Waals surface area contributed by atoms with E-state index in [1.54, 1.807) is 0 Å². The van der Waals surface area contributed by atoms with Crippen LogP contribution in [0.2, 0.25) is 0 Å². The molecule has 0 bridgehead atoms. The Morgan fingerprint density at radius 3 is 1.05 bits per heavy atom. The second-order valence-electron chi connectivity index (χ2n) is 23.6. The monoisotopic (exact) mass is 1010 g/mol. The Morgan fingerprint density at radius 1 is 0.308 bits per heavy atom. The van der Waals surface area contributed by atoms with E-state index in [1.807, 2.05) is 0 Å². The minimum atomic E-state index is -0.102. The van der Waals surface area contributed by atoms with Crippen LogP contribution >= 0.6 is 0 Å². The molecule has 2 heterocycles. The lowest BCUT2D eigenvalue weighted by Gasteiger charge is -2.28. The van der Waals surface area contributed by atoms with E-state index in [0.717, 1.165) is 99.5 Å². The molecular weight excluding hydrogens is 949 g/mol. The number of fused-ring (bicyclic) bond motifs is 17. The maximum absolute atomic E-state index is 7.16. The quantitative estimate of drug-likeness (QED) is 0.152. The summed E-state index contributed by atoms with van der Waals surface area (Å²) >= 11 is 0. The first-order valence-corrected chi connectivity index (χ1v) is 27.8. The van der Waals surface area contributed by atoms with Gasteiger partial charge in [0, 0.05) is 78.0 Å². The van der Waals surface area contributed by atoms with Gasteiger partial charge in [0.15, 0.2) is 0 Å². The molecule has 13 aromatic rings. The van der Waals surface area contributed by atoms with Crippen LogP contribution in [-0.4, -0.2) is 0 Å². The lowest BCUT2D eigenvalue weighted by Crippen LogP contribution is -2.15. The van der Waals surface area contributed by atoms with Gasteiger partial charge in [0.25, 0.3) is 0 Å². The first-order chi connectivity index (χ1) is 37.8. The van der Waals surface area contributed by atoms with Crippen LogP contribution in [0.1, 0.15) is 101 Å². The molecule has 0 spiro atoms. The van der Waals surface area contributed by atoms with Crippen LogP contribution in [0.4, 0.5) is 34.1 Å². The summed E-state index contributed by atoms with van der Waals surface area (Å²) in [6.45, 7) is 18.4. The second kappa shape index (κ2) is 16.8. The van der Waals surface area contributed by atoms with E-state index >= 15 is 0 Å². The average Bonchev–Trinajstić information content (AvgIpc) is 4.24. The molecule has 378 valence electrons. The Morgan fingerprint density at radius 2 is 0.654 bits per heavy atom. The van der Waals surface area contributed by atoms with Crippen molar-refractivity contribution in [3.05, 3.63) is 240 Å². The van der Waals surface area contributed by atoms with Gasteiger partial charge >= 0.3 is 0 Å². The van der Waals surface area contributed by atoms with Crippen molar-refractivity contribution in [2.45, 2.75) is 78.1 Å².